The van der Waals surface area contributed by atoms with Crippen molar-refractivity contribution in [2.45, 2.75) is 0 Å². The van der Waals surface area contributed by atoms with E-state index in [0.29, 0.717) is 0 Å². The first-order valence-electron chi connectivity index (χ1n) is 9.27. The summed E-state index contributed by atoms with van der Waals surface area (Å²) in [6.07, 6.45) is 0. The molecule has 0 aliphatic heterocycles. The van der Waals surface area contributed by atoms with Crippen LogP contribution >= 0.6 is 31.9 Å². The van der Waals surface area contributed by atoms with E-state index in [2.05, 4.69) is 105 Å². The average Bonchev–Trinajstić information content (AvgIpc) is 3.21. The van der Waals surface area contributed by atoms with Crippen molar-refractivity contribution >= 4 is 75.5 Å². The molecule has 0 saturated carbocycles. The Morgan fingerprint density at radius 3 is 1.41 bits per heavy atom. The highest BCUT2D eigenvalue weighted by atomic mass is 79.9. The molecule has 0 amide bonds. The summed E-state index contributed by atoms with van der Waals surface area (Å²) in [5.41, 5.74) is 4.09. The summed E-state index contributed by atoms with van der Waals surface area (Å²) in [4.78, 5) is 6.61. The highest BCUT2D eigenvalue weighted by Crippen LogP contribution is 2.33. The highest BCUT2D eigenvalue weighted by Gasteiger charge is 2.16. The van der Waals surface area contributed by atoms with Gasteiger partial charge in [-0.15, -0.1) is 0 Å². The van der Waals surface area contributed by atoms with Crippen LogP contribution in [-0.2, 0) is 0 Å². The Labute approximate surface area is 183 Å². The number of halogens is 2. The van der Waals surface area contributed by atoms with Crippen molar-refractivity contribution in [2.24, 2.45) is 0 Å². The van der Waals surface area contributed by atoms with Crippen LogP contribution in [0.2, 0.25) is 0 Å². The van der Waals surface area contributed by atoms with E-state index in [1.54, 1.807) is 0 Å². The maximum absolute atomic E-state index is 6.61. The van der Waals surface area contributed by atoms with Gasteiger partial charge in [-0.05, 0) is 36.4 Å². The number of fused-ring (bicyclic) bond motifs is 6. The van der Waals surface area contributed by atoms with Gasteiger partial charge in [-0.25, -0.2) is 0 Å². The highest BCUT2D eigenvalue weighted by molar-refractivity contribution is 9.10. The standard InChI is InChI=1S/C24H14Br2N2O/c25-15-9-11-19-20-12-10-16(26)14-24(20)28(23(19)13-15)29-27-21-7-3-1-5-17(21)18-6-2-4-8-22(18)27/h1-14H. The Kier molecular flexibility index (Phi) is 3.76. The number of nitrogens with zero attached hydrogens (tertiary/aromatic N) is 2. The van der Waals surface area contributed by atoms with E-state index < -0.39 is 0 Å². The summed E-state index contributed by atoms with van der Waals surface area (Å²) < 4.78 is 5.86. The molecule has 2 heterocycles. The number of benzene rings is 4. The molecule has 0 atom stereocenters. The summed E-state index contributed by atoms with van der Waals surface area (Å²) in [5.74, 6) is 0. The van der Waals surface area contributed by atoms with Crippen molar-refractivity contribution in [3.05, 3.63) is 93.9 Å². The second-order valence-electron chi connectivity index (χ2n) is 7.03. The van der Waals surface area contributed by atoms with Gasteiger partial charge in [0.25, 0.3) is 0 Å². The van der Waals surface area contributed by atoms with Crippen LogP contribution in [0, 0.1) is 0 Å². The van der Waals surface area contributed by atoms with E-state index in [1.807, 2.05) is 21.6 Å². The Bertz CT molecular complexity index is 1450. The molecule has 0 aliphatic carbocycles. The van der Waals surface area contributed by atoms with Gasteiger partial charge in [-0.3, -0.25) is 4.94 Å². The molecule has 6 aromatic rings. The first-order valence-corrected chi connectivity index (χ1v) is 10.9. The van der Waals surface area contributed by atoms with Crippen molar-refractivity contribution in [1.29, 1.82) is 0 Å². The summed E-state index contributed by atoms with van der Waals surface area (Å²) in [7, 11) is 0. The van der Waals surface area contributed by atoms with Crippen LogP contribution in [0.25, 0.3) is 43.6 Å². The summed E-state index contributed by atoms with van der Waals surface area (Å²) in [6, 6.07) is 29.2. The van der Waals surface area contributed by atoms with Crippen molar-refractivity contribution in [3.63, 3.8) is 0 Å². The normalized spacial score (nSPS) is 11.8. The average molecular weight is 506 g/mol. The van der Waals surface area contributed by atoms with Crippen LogP contribution in [-0.4, -0.2) is 9.46 Å². The molecular formula is C24H14Br2N2O. The van der Waals surface area contributed by atoms with E-state index in [1.165, 1.54) is 10.8 Å². The largest absolute Gasteiger partial charge is 0.281 e. The molecule has 0 unspecified atom stereocenters. The van der Waals surface area contributed by atoms with E-state index >= 15 is 0 Å². The number of rotatable bonds is 2. The topological polar surface area (TPSA) is 19.1 Å². The summed E-state index contributed by atoms with van der Waals surface area (Å²) >= 11 is 7.22. The third-order valence-corrected chi connectivity index (χ3v) is 6.33. The van der Waals surface area contributed by atoms with E-state index in [4.69, 9.17) is 4.94 Å². The molecular weight excluding hydrogens is 492 g/mol. The fourth-order valence-corrected chi connectivity index (χ4v) is 4.77. The lowest BCUT2D eigenvalue weighted by molar-refractivity contribution is 0.0682. The fraction of sp³-hybridized carbons (Fsp3) is 0. The molecule has 5 heteroatoms. The Balaban J connectivity index is 1.71. The first-order chi connectivity index (χ1) is 14.2. The molecule has 0 fully saturated rings. The first kappa shape index (κ1) is 17.1. The van der Waals surface area contributed by atoms with Gasteiger partial charge in [0.1, 0.15) is 0 Å². The monoisotopic (exact) mass is 504 g/mol. The lowest BCUT2D eigenvalue weighted by atomic mass is 10.2. The third-order valence-electron chi connectivity index (χ3n) is 5.35. The van der Waals surface area contributed by atoms with E-state index in [9.17, 15) is 0 Å². The van der Waals surface area contributed by atoms with Gasteiger partial charge < -0.3 is 0 Å². The van der Waals surface area contributed by atoms with Gasteiger partial charge in [0.15, 0.2) is 0 Å². The quantitative estimate of drug-likeness (QED) is 0.241. The second kappa shape index (κ2) is 6.37. The molecule has 6 rings (SSSR count). The zero-order valence-corrected chi connectivity index (χ0v) is 18.3. The number of aromatic nitrogens is 2. The van der Waals surface area contributed by atoms with Crippen LogP contribution < -0.4 is 4.94 Å². The maximum Gasteiger partial charge on any atom is 0.0922 e. The molecule has 140 valence electrons. The van der Waals surface area contributed by atoms with Gasteiger partial charge in [0.2, 0.25) is 0 Å². The van der Waals surface area contributed by atoms with Gasteiger partial charge in [-0.1, -0.05) is 80.4 Å². The SMILES string of the molecule is Brc1ccc2c3ccc(Br)cc3n(On3c4ccccc4c4ccccc43)c2c1. The van der Waals surface area contributed by atoms with Crippen LogP contribution in [0.15, 0.2) is 93.9 Å². The zero-order valence-electron chi connectivity index (χ0n) is 15.1. The molecule has 4 aromatic carbocycles. The molecule has 3 nitrogen and oxygen atoms in total. The number of hydrogen-bond acceptors (Lipinski definition) is 1. The molecule has 0 radical (unpaired) electrons. The molecule has 0 bridgehead atoms. The predicted octanol–water partition coefficient (Wildman–Crippen LogP) is 7.32. The Morgan fingerprint density at radius 2 is 0.897 bits per heavy atom. The van der Waals surface area contributed by atoms with Crippen LogP contribution in [0.4, 0.5) is 0 Å². The van der Waals surface area contributed by atoms with E-state index in [-0.39, 0.29) is 0 Å². The minimum Gasteiger partial charge on any atom is -0.281 e. The Morgan fingerprint density at radius 1 is 0.483 bits per heavy atom. The van der Waals surface area contributed by atoms with Crippen LogP contribution in [0.1, 0.15) is 0 Å². The van der Waals surface area contributed by atoms with Crippen LogP contribution in [0.3, 0.4) is 0 Å². The minimum absolute atomic E-state index is 1.01. The van der Waals surface area contributed by atoms with Crippen molar-refractivity contribution < 1.29 is 4.94 Å². The molecule has 0 aliphatic rings. The molecule has 0 N–H and O–H groups in total. The van der Waals surface area contributed by atoms with Gasteiger partial charge in [0.05, 0.1) is 22.1 Å². The smallest absolute Gasteiger partial charge is 0.0922 e. The van der Waals surface area contributed by atoms with Crippen molar-refractivity contribution in [2.75, 3.05) is 0 Å². The number of hydrogen-bond donors (Lipinski definition) is 0. The van der Waals surface area contributed by atoms with Crippen LogP contribution in [0.5, 0.6) is 0 Å². The van der Waals surface area contributed by atoms with Gasteiger partial charge in [0, 0.05) is 30.5 Å². The molecule has 2 aromatic heterocycles. The van der Waals surface area contributed by atoms with Crippen molar-refractivity contribution in [3.8, 4) is 0 Å². The lowest BCUT2D eigenvalue weighted by Gasteiger charge is -2.12. The second-order valence-corrected chi connectivity index (χ2v) is 8.86. The summed E-state index contributed by atoms with van der Waals surface area (Å²) in [5, 5.41) is 4.64. The van der Waals surface area contributed by atoms with E-state index in [0.717, 1.165) is 41.8 Å². The fourth-order valence-electron chi connectivity index (χ4n) is 4.08. The lowest BCUT2D eigenvalue weighted by Crippen LogP contribution is -2.17. The van der Waals surface area contributed by atoms with Gasteiger partial charge >= 0.3 is 0 Å². The Hall–Kier alpha value is -2.76. The zero-order chi connectivity index (χ0) is 19.5. The van der Waals surface area contributed by atoms with Crippen molar-refractivity contribution in [1.82, 2.24) is 9.46 Å². The molecule has 29 heavy (non-hydrogen) atoms. The third kappa shape index (κ3) is 2.54. The van der Waals surface area contributed by atoms with Gasteiger partial charge in [-0.2, -0.15) is 9.46 Å². The summed E-state index contributed by atoms with van der Waals surface area (Å²) in [6.45, 7) is 0. The predicted molar refractivity (Wildman–Crippen MR) is 126 cm³/mol. The molecule has 0 spiro atoms. The molecule has 0 saturated heterocycles. The minimum atomic E-state index is 1.01. The number of para-hydroxylation sites is 2. The maximum atomic E-state index is 6.61.